The molecule has 162 valence electrons. The van der Waals surface area contributed by atoms with E-state index >= 15 is 0 Å². The number of fused-ring (bicyclic) bond motifs is 1. The molecule has 1 aliphatic carbocycles. The fourth-order valence-corrected chi connectivity index (χ4v) is 4.48. The second-order valence-electron chi connectivity index (χ2n) is 8.40. The number of nitrogens with one attached hydrogen (secondary N) is 1. The van der Waals surface area contributed by atoms with Crippen molar-refractivity contribution in [3.05, 3.63) is 48.5 Å². The van der Waals surface area contributed by atoms with Crippen LogP contribution in [0.15, 0.2) is 42.9 Å². The van der Waals surface area contributed by atoms with Gasteiger partial charge in [-0.05, 0) is 44.7 Å². The van der Waals surface area contributed by atoms with Crippen molar-refractivity contribution in [3.63, 3.8) is 0 Å². The molecule has 0 amide bonds. The maximum Gasteiger partial charge on any atom is 0.147 e. The summed E-state index contributed by atoms with van der Waals surface area (Å²) in [4.78, 5) is 15.7. The number of anilines is 2. The maximum absolute atomic E-state index is 6.54. The molecule has 0 unspecified atom stereocenters. The zero-order chi connectivity index (χ0) is 21.0. The van der Waals surface area contributed by atoms with E-state index < -0.39 is 0 Å². The van der Waals surface area contributed by atoms with Gasteiger partial charge in [-0.2, -0.15) is 0 Å². The van der Waals surface area contributed by atoms with E-state index in [0.717, 1.165) is 80.2 Å². The second kappa shape index (κ2) is 9.06. The lowest BCUT2D eigenvalue weighted by Crippen LogP contribution is -2.36. The number of ether oxygens (including phenoxy) is 2. The summed E-state index contributed by atoms with van der Waals surface area (Å²) in [6, 6.07) is 8.88. The summed E-state index contributed by atoms with van der Waals surface area (Å²) in [6.07, 6.45) is 9.73. The second-order valence-corrected chi connectivity index (χ2v) is 8.40. The SMILES string of the molecule is Cc1cncc(NC2CCC(Oc3cc(N4CCOCC4)cc4cccnc34)CC2)n1. The zero-order valence-corrected chi connectivity index (χ0v) is 18.0. The molecule has 1 N–H and O–H groups in total. The van der Waals surface area contributed by atoms with Crippen LogP contribution in [0.2, 0.25) is 0 Å². The molecular formula is C24H29N5O2. The molecule has 1 aromatic carbocycles. The molecular weight excluding hydrogens is 390 g/mol. The normalized spacial score (nSPS) is 21.8. The molecule has 3 aromatic rings. The lowest BCUT2D eigenvalue weighted by molar-refractivity contribution is 0.122. The minimum atomic E-state index is 0.201. The van der Waals surface area contributed by atoms with Crippen molar-refractivity contribution in [2.45, 2.75) is 44.8 Å². The average molecular weight is 420 g/mol. The van der Waals surface area contributed by atoms with Gasteiger partial charge in [-0.25, -0.2) is 4.98 Å². The topological polar surface area (TPSA) is 72.4 Å². The van der Waals surface area contributed by atoms with Crippen LogP contribution in [0.3, 0.4) is 0 Å². The van der Waals surface area contributed by atoms with E-state index in [1.165, 1.54) is 5.69 Å². The van der Waals surface area contributed by atoms with Crippen LogP contribution < -0.4 is 15.0 Å². The summed E-state index contributed by atoms with van der Waals surface area (Å²) in [5.74, 6) is 1.75. The van der Waals surface area contributed by atoms with Gasteiger partial charge in [0.05, 0.1) is 31.2 Å². The first kappa shape index (κ1) is 20.0. The molecule has 2 aromatic heterocycles. The minimum Gasteiger partial charge on any atom is -0.488 e. The number of benzene rings is 1. The van der Waals surface area contributed by atoms with Crippen LogP contribution in [0.1, 0.15) is 31.4 Å². The fraction of sp³-hybridized carbons (Fsp3) is 0.458. The molecule has 31 heavy (non-hydrogen) atoms. The molecule has 1 aliphatic heterocycles. The highest BCUT2D eigenvalue weighted by atomic mass is 16.5. The van der Waals surface area contributed by atoms with Crippen molar-refractivity contribution in [3.8, 4) is 5.75 Å². The van der Waals surface area contributed by atoms with Crippen molar-refractivity contribution in [1.29, 1.82) is 0 Å². The number of hydrogen-bond donors (Lipinski definition) is 1. The first-order valence-electron chi connectivity index (χ1n) is 11.2. The lowest BCUT2D eigenvalue weighted by atomic mass is 9.93. The molecule has 0 bridgehead atoms. The molecule has 3 heterocycles. The molecule has 5 rings (SSSR count). The minimum absolute atomic E-state index is 0.201. The largest absolute Gasteiger partial charge is 0.488 e. The molecule has 2 aliphatic rings. The molecule has 2 fully saturated rings. The summed E-state index contributed by atoms with van der Waals surface area (Å²) >= 11 is 0. The van der Waals surface area contributed by atoms with Gasteiger partial charge >= 0.3 is 0 Å². The Morgan fingerprint density at radius 3 is 2.74 bits per heavy atom. The smallest absolute Gasteiger partial charge is 0.147 e. The first-order chi connectivity index (χ1) is 15.2. The van der Waals surface area contributed by atoms with Gasteiger partial charge in [0.1, 0.15) is 17.1 Å². The van der Waals surface area contributed by atoms with Crippen LogP contribution in [-0.4, -0.2) is 53.4 Å². The standard InChI is InChI=1S/C24H29N5O2/c1-17-15-25-16-23(27-17)28-19-4-6-21(7-5-19)31-22-14-20(29-9-11-30-12-10-29)13-18-3-2-8-26-24(18)22/h2-3,8,13-16,19,21H,4-7,9-12H2,1H3,(H,27,28). The Labute approximate surface area is 182 Å². The van der Waals surface area contributed by atoms with Gasteiger partial charge in [0.25, 0.3) is 0 Å². The number of morpholine rings is 1. The summed E-state index contributed by atoms with van der Waals surface area (Å²) in [5.41, 5.74) is 3.06. The van der Waals surface area contributed by atoms with E-state index in [2.05, 4.69) is 43.4 Å². The van der Waals surface area contributed by atoms with Crippen LogP contribution >= 0.6 is 0 Å². The predicted molar refractivity (Wildman–Crippen MR) is 122 cm³/mol. The zero-order valence-electron chi connectivity index (χ0n) is 18.0. The van der Waals surface area contributed by atoms with Crippen LogP contribution in [0.5, 0.6) is 5.75 Å². The fourth-order valence-electron chi connectivity index (χ4n) is 4.48. The third-order valence-corrected chi connectivity index (χ3v) is 6.11. The number of hydrogen-bond acceptors (Lipinski definition) is 7. The van der Waals surface area contributed by atoms with Gasteiger partial charge in [-0.15, -0.1) is 0 Å². The highest BCUT2D eigenvalue weighted by molar-refractivity contribution is 5.88. The Bertz CT molecular complexity index is 1030. The summed E-state index contributed by atoms with van der Waals surface area (Å²) in [5, 5.41) is 4.65. The third-order valence-electron chi connectivity index (χ3n) is 6.11. The van der Waals surface area contributed by atoms with E-state index in [1.54, 1.807) is 12.4 Å². The van der Waals surface area contributed by atoms with Crippen LogP contribution in [-0.2, 0) is 4.74 Å². The van der Waals surface area contributed by atoms with Crippen molar-refractivity contribution < 1.29 is 9.47 Å². The number of nitrogens with zero attached hydrogens (tertiary/aromatic N) is 4. The Morgan fingerprint density at radius 2 is 1.94 bits per heavy atom. The van der Waals surface area contributed by atoms with Crippen LogP contribution in [0, 0.1) is 6.92 Å². The Hall–Kier alpha value is -2.93. The summed E-state index contributed by atoms with van der Waals surface area (Å²) in [7, 11) is 0. The Morgan fingerprint density at radius 1 is 1.10 bits per heavy atom. The average Bonchev–Trinajstić information content (AvgIpc) is 2.81. The quantitative estimate of drug-likeness (QED) is 0.671. The van der Waals surface area contributed by atoms with Crippen molar-refractivity contribution in [2.75, 3.05) is 36.5 Å². The van der Waals surface area contributed by atoms with E-state index in [9.17, 15) is 0 Å². The number of pyridine rings is 1. The van der Waals surface area contributed by atoms with E-state index in [0.29, 0.717) is 6.04 Å². The third kappa shape index (κ3) is 4.71. The number of rotatable bonds is 5. The predicted octanol–water partition coefficient (Wildman–Crippen LogP) is 3.97. The van der Waals surface area contributed by atoms with Crippen molar-refractivity contribution in [1.82, 2.24) is 15.0 Å². The van der Waals surface area contributed by atoms with Gasteiger partial charge in [-0.3, -0.25) is 9.97 Å². The van der Waals surface area contributed by atoms with Gasteiger partial charge < -0.3 is 19.7 Å². The Balaban J connectivity index is 1.28. The molecule has 0 radical (unpaired) electrons. The molecule has 7 heteroatoms. The monoisotopic (exact) mass is 419 g/mol. The van der Waals surface area contributed by atoms with E-state index in [-0.39, 0.29) is 6.10 Å². The van der Waals surface area contributed by atoms with Crippen molar-refractivity contribution in [2.24, 2.45) is 0 Å². The number of aryl methyl sites for hydroxylation is 1. The van der Waals surface area contributed by atoms with Gasteiger partial charge in [0, 0.05) is 48.7 Å². The molecule has 1 saturated heterocycles. The van der Waals surface area contributed by atoms with Crippen molar-refractivity contribution >= 4 is 22.4 Å². The summed E-state index contributed by atoms with van der Waals surface area (Å²) < 4.78 is 12.1. The molecule has 0 spiro atoms. The number of aromatic nitrogens is 3. The van der Waals surface area contributed by atoms with Crippen LogP contribution in [0.4, 0.5) is 11.5 Å². The van der Waals surface area contributed by atoms with E-state index in [4.69, 9.17) is 9.47 Å². The first-order valence-corrected chi connectivity index (χ1v) is 11.2. The van der Waals surface area contributed by atoms with Gasteiger partial charge in [0.2, 0.25) is 0 Å². The lowest BCUT2D eigenvalue weighted by Gasteiger charge is -2.31. The van der Waals surface area contributed by atoms with Crippen LogP contribution in [0.25, 0.3) is 10.9 Å². The highest BCUT2D eigenvalue weighted by Gasteiger charge is 2.24. The molecule has 1 saturated carbocycles. The highest BCUT2D eigenvalue weighted by Crippen LogP contribution is 2.34. The molecule has 0 atom stereocenters. The maximum atomic E-state index is 6.54. The molecule has 7 nitrogen and oxygen atoms in total. The van der Waals surface area contributed by atoms with Gasteiger partial charge in [-0.1, -0.05) is 6.07 Å². The summed E-state index contributed by atoms with van der Waals surface area (Å²) in [6.45, 7) is 5.31. The van der Waals surface area contributed by atoms with E-state index in [1.807, 2.05) is 19.2 Å². The Kier molecular flexibility index (Phi) is 5.84. The van der Waals surface area contributed by atoms with Gasteiger partial charge in [0.15, 0.2) is 0 Å².